The van der Waals surface area contributed by atoms with Gasteiger partial charge in [0.15, 0.2) is 0 Å². The van der Waals surface area contributed by atoms with Gasteiger partial charge >= 0.3 is 0 Å². The summed E-state index contributed by atoms with van der Waals surface area (Å²) in [5, 5.41) is 4.34. The van der Waals surface area contributed by atoms with E-state index in [0.29, 0.717) is 5.56 Å². The number of rotatable bonds is 3. The van der Waals surface area contributed by atoms with Crippen molar-refractivity contribution in [1.29, 1.82) is 0 Å². The first kappa shape index (κ1) is 13.9. The summed E-state index contributed by atoms with van der Waals surface area (Å²) in [4.78, 5) is 10.8. The molecule has 0 aliphatic rings. The van der Waals surface area contributed by atoms with Crippen molar-refractivity contribution in [2.24, 2.45) is 0 Å². The lowest BCUT2D eigenvalue weighted by Gasteiger charge is -2.16. The van der Waals surface area contributed by atoms with Gasteiger partial charge in [-0.05, 0) is 32.4 Å². The maximum atomic E-state index is 13.9. The number of hydrogen-bond donors (Lipinski definition) is 1. The van der Waals surface area contributed by atoms with Crippen LogP contribution in [-0.4, -0.2) is 9.97 Å². The first-order valence-corrected chi connectivity index (χ1v) is 7.61. The van der Waals surface area contributed by atoms with Gasteiger partial charge in [0.25, 0.3) is 0 Å². The Morgan fingerprint density at radius 2 is 1.95 bits per heavy atom. The van der Waals surface area contributed by atoms with Crippen LogP contribution in [0.5, 0.6) is 0 Å². The van der Waals surface area contributed by atoms with Gasteiger partial charge in [-0.1, -0.05) is 18.2 Å². The topological polar surface area (TPSA) is 37.8 Å². The monoisotopic (exact) mass is 301 g/mol. The van der Waals surface area contributed by atoms with Crippen LogP contribution in [0.1, 0.15) is 29.0 Å². The molecule has 0 fully saturated rings. The molecular formula is C16H16FN3S. The molecular weight excluding hydrogens is 285 g/mol. The standard InChI is InChI=1S/C16H16FN3S/c1-9-11(3)21-16-14(9)15(18-8-19-16)20-10(2)12-6-4-5-7-13(12)17/h4-8,10H,1-3H3,(H,18,19,20). The number of aromatic nitrogens is 2. The molecule has 0 aliphatic carbocycles. The van der Waals surface area contributed by atoms with Gasteiger partial charge in [0.2, 0.25) is 0 Å². The average Bonchev–Trinajstić information content (AvgIpc) is 2.75. The number of anilines is 1. The number of nitrogens with one attached hydrogen (secondary N) is 1. The van der Waals surface area contributed by atoms with Crippen LogP contribution in [0.15, 0.2) is 30.6 Å². The Balaban J connectivity index is 2.00. The number of thiophene rings is 1. The predicted molar refractivity (Wildman–Crippen MR) is 85.3 cm³/mol. The molecule has 108 valence electrons. The minimum absolute atomic E-state index is 0.163. The van der Waals surface area contributed by atoms with E-state index in [1.165, 1.54) is 16.5 Å². The molecule has 2 aromatic heterocycles. The van der Waals surface area contributed by atoms with Crippen molar-refractivity contribution in [1.82, 2.24) is 9.97 Å². The second-order valence-electron chi connectivity index (χ2n) is 5.07. The maximum absolute atomic E-state index is 13.9. The normalized spacial score (nSPS) is 12.6. The lowest BCUT2D eigenvalue weighted by molar-refractivity contribution is 0.600. The number of nitrogens with zero attached hydrogens (tertiary/aromatic N) is 2. The first-order valence-electron chi connectivity index (χ1n) is 6.79. The van der Waals surface area contributed by atoms with Gasteiger partial charge in [-0.3, -0.25) is 0 Å². The molecule has 1 aromatic carbocycles. The van der Waals surface area contributed by atoms with Crippen molar-refractivity contribution in [3.63, 3.8) is 0 Å². The van der Waals surface area contributed by atoms with Crippen LogP contribution in [0.3, 0.4) is 0 Å². The van der Waals surface area contributed by atoms with E-state index in [1.807, 2.05) is 13.0 Å². The fourth-order valence-corrected chi connectivity index (χ4v) is 3.40. The highest BCUT2D eigenvalue weighted by molar-refractivity contribution is 7.18. The number of aryl methyl sites for hydroxylation is 2. The Bertz CT molecular complexity index is 797. The molecule has 5 heteroatoms. The number of halogens is 1. The van der Waals surface area contributed by atoms with Crippen LogP contribution in [0.4, 0.5) is 10.2 Å². The van der Waals surface area contributed by atoms with Gasteiger partial charge in [-0.2, -0.15) is 0 Å². The van der Waals surface area contributed by atoms with E-state index >= 15 is 0 Å². The van der Waals surface area contributed by atoms with Crippen LogP contribution >= 0.6 is 11.3 Å². The highest BCUT2D eigenvalue weighted by Gasteiger charge is 2.15. The molecule has 3 aromatic rings. The summed E-state index contributed by atoms with van der Waals surface area (Å²) in [7, 11) is 0. The van der Waals surface area contributed by atoms with Gasteiger partial charge < -0.3 is 5.32 Å². The highest BCUT2D eigenvalue weighted by Crippen LogP contribution is 2.34. The molecule has 2 heterocycles. The molecule has 0 spiro atoms. The minimum Gasteiger partial charge on any atom is -0.363 e. The van der Waals surface area contributed by atoms with Gasteiger partial charge in [0, 0.05) is 10.4 Å². The molecule has 0 aliphatic heterocycles. The second kappa shape index (κ2) is 5.41. The molecule has 3 nitrogen and oxygen atoms in total. The smallest absolute Gasteiger partial charge is 0.138 e. The summed E-state index contributed by atoms with van der Waals surface area (Å²) in [6.45, 7) is 6.07. The van der Waals surface area contributed by atoms with Gasteiger partial charge in [-0.25, -0.2) is 14.4 Å². The molecule has 1 N–H and O–H groups in total. The lowest BCUT2D eigenvalue weighted by atomic mass is 10.1. The molecule has 1 unspecified atom stereocenters. The molecule has 0 saturated carbocycles. The zero-order valence-electron chi connectivity index (χ0n) is 12.1. The Hall–Kier alpha value is -2.01. The average molecular weight is 301 g/mol. The first-order chi connectivity index (χ1) is 10.1. The van der Waals surface area contributed by atoms with Crippen LogP contribution in [0.2, 0.25) is 0 Å². The lowest BCUT2D eigenvalue weighted by Crippen LogP contribution is -2.10. The summed E-state index contributed by atoms with van der Waals surface area (Å²) < 4.78 is 13.9. The van der Waals surface area contributed by atoms with Gasteiger partial charge in [0.1, 0.15) is 22.8 Å². The number of fused-ring (bicyclic) bond motifs is 1. The summed E-state index contributed by atoms with van der Waals surface area (Å²) in [5.41, 5.74) is 1.81. The largest absolute Gasteiger partial charge is 0.363 e. The molecule has 21 heavy (non-hydrogen) atoms. The van der Waals surface area contributed by atoms with Gasteiger partial charge in [-0.15, -0.1) is 11.3 Å². The molecule has 0 saturated heterocycles. The van der Waals surface area contributed by atoms with Gasteiger partial charge in [0.05, 0.1) is 11.4 Å². The van der Waals surface area contributed by atoms with Crippen molar-refractivity contribution in [2.75, 3.05) is 5.32 Å². The Labute approximate surface area is 126 Å². The number of hydrogen-bond acceptors (Lipinski definition) is 4. The van der Waals surface area contributed by atoms with Crippen molar-refractivity contribution in [3.05, 3.63) is 52.4 Å². The van der Waals surface area contributed by atoms with E-state index in [-0.39, 0.29) is 11.9 Å². The third kappa shape index (κ3) is 2.49. The summed E-state index contributed by atoms with van der Waals surface area (Å²) in [5.74, 6) is 0.554. The Morgan fingerprint density at radius 3 is 2.71 bits per heavy atom. The third-order valence-electron chi connectivity index (χ3n) is 3.69. The zero-order chi connectivity index (χ0) is 15.0. The molecule has 1 atom stereocenters. The van der Waals surface area contributed by atoms with Crippen molar-refractivity contribution < 1.29 is 4.39 Å². The van der Waals surface area contributed by atoms with E-state index in [2.05, 4.69) is 29.1 Å². The fourth-order valence-electron chi connectivity index (χ4n) is 2.40. The SMILES string of the molecule is Cc1sc2ncnc(NC(C)c3ccccc3F)c2c1C. The van der Waals surface area contributed by atoms with Crippen LogP contribution in [0, 0.1) is 19.7 Å². The quantitative estimate of drug-likeness (QED) is 0.767. The maximum Gasteiger partial charge on any atom is 0.138 e. The van der Waals surface area contributed by atoms with E-state index in [4.69, 9.17) is 0 Å². The highest BCUT2D eigenvalue weighted by atomic mass is 32.1. The Morgan fingerprint density at radius 1 is 1.19 bits per heavy atom. The van der Waals surface area contributed by atoms with Crippen molar-refractivity contribution in [3.8, 4) is 0 Å². The predicted octanol–water partition coefficient (Wildman–Crippen LogP) is 4.62. The zero-order valence-corrected chi connectivity index (χ0v) is 13.0. The molecule has 0 radical (unpaired) electrons. The van der Waals surface area contributed by atoms with Crippen molar-refractivity contribution >= 4 is 27.4 Å². The summed E-state index contributed by atoms with van der Waals surface area (Å²) in [6.07, 6.45) is 1.55. The fraction of sp³-hybridized carbons (Fsp3) is 0.250. The summed E-state index contributed by atoms with van der Waals surface area (Å²) >= 11 is 1.65. The van der Waals surface area contributed by atoms with E-state index in [9.17, 15) is 4.39 Å². The Kier molecular flexibility index (Phi) is 3.59. The molecule has 3 rings (SSSR count). The van der Waals surface area contributed by atoms with Crippen LogP contribution < -0.4 is 5.32 Å². The third-order valence-corrected chi connectivity index (χ3v) is 4.81. The van der Waals surface area contributed by atoms with E-state index < -0.39 is 0 Å². The number of benzene rings is 1. The van der Waals surface area contributed by atoms with Crippen LogP contribution in [0.25, 0.3) is 10.2 Å². The summed E-state index contributed by atoms with van der Waals surface area (Å²) in [6, 6.07) is 6.64. The van der Waals surface area contributed by atoms with E-state index in [0.717, 1.165) is 16.0 Å². The van der Waals surface area contributed by atoms with Crippen LogP contribution in [-0.2, 0) is 0 Å². The molecule has 0 amide bonds. The minimum atomic E-state index is -0.207. The molecule has 0 bridgehead atoms. The second-order valence-corrected chi connectivity index (χ2v) is 6.28. The van der Waals surface area contributed by atoms with E-state index in [1.54, 1.807) is 29.8 Å². The van der Waals surface area contributed by atoms with Crippen molar-refractivity contribution in [2.45, 2.75) is 26.8 Å².